The van der Waals surface area contributed by atoms with Crippen molar-refractivity contribution in [1.29, 1.82) is 0 Å². The lowest BCUT2D eigenvalue weighted by Crippen LogP contribution is -2.39. The Morgan fingerprint density at radius 3 is 2.81 bits per heavy atom. The van der Waals surface area contributed by atoms with E-state index in [1.807, 2.05) is 6.92 Å². The first-order chi connectivity index (χ1) is 7.77. The van der Waals surface area contributed by atoms with Gasteiger partial charge in [0.05, 0.1) is 18.8 Å². The summed E-state index contributed by atoms with van der Waals surface area (Å²) in [5.74, 6) is 0. The van der Waals surface area contributed by atoms with Gasteiger partial charge in [0.2, 0.25) is 0 Å². The molecule has 3 unspecified atom stereocenters. The minimum absolute atomic E-state index is 0.217. The van der Waals surface area contributed by atoms with Crippen molar-refractivity contribution in [2.45, 2.75) is 64.7 Å². The molecule has 1 aliphatic rings. The maximum atomic E-state index is 6.04. The number of rotatable bonds is 8. The SMILES string of the molecule is CCCNC1CCCC1OC(C)COCC. The summed E-state index contributed by atoms with van der Waals surface area (Å²) in [6.07, 6.45) is 5.53. The molecule has 0 aliphatic heterocycles. The number of nitrogens with one attached hydrogen (secondary N) is 1. The second-order valence-electron chi connectivity index (χ2n) is 4.64. The summed E-state index contributed by atoms with van der Waals surface area (Å²) in [5.41, 5.74) is 0. The fourth-order valence-electron chi connectivity index (χ4n) is 2.27. The van der Waals surface area contributed by atoms with Gasteiger partial charge >= 0.3 is 0 Å². The van der Waals surface area contributed by atoms with Gasteiger partial charge in [-0.05, 0) is 46.1 Å². The standard InChI is InChI=1S/C13H27NO2/c1-4-9-14-12-7-6-8-13(12)16-11(3)10-15-5-2/h11-14H,4-10H2,1-3H3. The van der Waals surface area contributed by atoms with Crippen LogP contribution < -0.4 is 5.32 Å². The van der Waals surface area contributed by atoms with Crippen molar-refractivity contribution in [3.8, 4) is 0 Å². The average molecular weight is 229 g/mol. The molecule has 3 atom stereocenters. The first kappa shape index (κ1) is 13.9. The van der Waals surface area contributed by atoms with Crippen molar-refractivity contribution in [3.05, 3.63) is 0 Å². The molecule has 3 nitrogen and oxygen atoms in total. The summed E-state index contributed by atoms with van der Waals surface area (Å²) in [6, 6.07) is 0.559. The minimum Gasteiger partial charge on any atom is -0.379 e. The highest BCUT2D eigenvalue weighted by atomic mass is 16.5. The van der Waals surface area contributed by atoms with Crippen molar-refractivity contribution < 1.29 is 9.47 Å². The van der Waals surface area contributed by atoms with Crippen molar-refractivity contribution in [2.24, 2.45) is 0 Å². The van der Waals surface area contributed by atoms with Gasteiger partial charge in [-0.1, -0.05) is 6.92 Å². The van der Waals surface area contributed by atoms with E-state index in [0.717, 1.165) is 13.2 Å². The third kappa shape index (κ3) is 4.81. The lowest BCUT2D eigenvalue weighted by molar-refractivity contribution is -0.0521. The normalized spacial score (nSPS) is 27.2. The van der Waals surface area contributed by atoms with Gasteiger partial charge in [-0.25, -0.2) is 0 Å². The molecule has 1 N–H and O–H groups in total. The van der Waals surface area contributed by atoms with E-state index in [0.29, 0.717) is 18.8 Å². The van der Waals surface area contributed by atoms with Crippen LogP contribution >= 0.6 is 0 Å². The van der Waals surface area contributed by atoms with E-state index < -0.39 is 0 Å². The fraction of sp³-hybridized carbons (Fsp3) is 1.00. The molecule has 0 radical (unpaired) electrons. The van der Waals surface area contributed by atoms with Gasteiger partial charge < -0.3 is 14.8 Å². The van der Waals surface area contributed by atoms with E-state index in [9.17, 15) is 0 Å². The van der Waals surface area contributed by atoms with Gasteiger partial charge in [0, 0.05) is 12.6 Å². The van der Waals surface area contributed by atoms with Crippen molar-refractivity contribution in [3.63, 3.8) is 0 Å². The van der Waals surface area contributed by atoms with Gasteiger partial charge in [-0.15, -0.1) is 0 Å². The number of hydrogen-bond acceptors (Lipinski definition) is 3. The first-order valence-electron chi connectivity index (χ1n) is 6.74. The van der Waals surface area contributed by atoms with Crippen LogP contribution in [0.3, 0.4) is 0 Å². The van der Waals surface area contributed by atoms with Gasteiger partial charge in [0.25, 0.3) is 0 Å². The van der Waals surface area contributed by atoms with Gasteiger partial charge in [0.15, 0.2) is 0 Å². The Kier molecular flexibility index (Phi) is 7.01. The highest BCUT2D eigenvalue weighted by molar-refractivity contribution is 4.84. The van der Waals surface area contributed by atoms with Crippen LogP contribution in [0.15, 0.2) is 0 Å². The second-order valence-corrected chi connectivity index (χ2v) is 4.64. The zero-order valence-corrected chi connectivity index (χ0v) is 11.0. The molecular formula is C13H27NO2. The minimum atomic E-state index is 0.217. The summed E-state index contributed by atoms with van der Waals surface area (Å²) in [7, 11) is 0. The molecule has 1 rings (SSSR count). The smallest absolute Gasteiger partial charge is 0.0785 e. The van der Waals surface area contributed by atoms with Crippen LogP contribution in [0.2, 0.25) is 0 Å². The lowest BCUT2D eigenvalue weighted by Gasteiger charge is -2.24. The highest BCUT2D eigenvalue weighted by Crippen LogP contribution is 2.23. The van der Waals surface area contributed by atoms with Gasteiger partial charge in [-0.2, -0.15) is 0 Å². The Balaban J connectivity index is 2.22. The lowest BCUT2D eigenvalue weighted by atomic mass is 10.2. The molecule has 0 saturated heterocycles. The van der Waals surface area contributed by atoms with Crippen LogP contribution in [0, 0.1) is 0 Å². The number of ether oxygens (including phenoxy) is 2. The third-order valence-electron chi connectivity index (χ3n) is 3.07. The predicted molar refractivity (Wildman–Crippen MR) is 66.8 cm³/mol. The van der Waals surface area contributed by atoms with Crippen molar-refractivity contribution in [2.75, 3.05) is 19.8 Å². The van der Waals surface area contributed by atoms with Crippen LogP contribution in [0.5, 0.6) is 0 Å². The number of hydrogen-bond donors (Lipinski definition) is 1. The van der Waals surface area contributed by atoms with Crippen LogP contribution in [0.4, 0.5) is 0 Å². The molecule has 0 bridgehead atoms. The van der Waals surface area contributed by atoms with E-state index in [1.54, 1.807) is 0 Å². The monoisotopic (exact) mass is 229 g/mol. The maximum Gasteiger partial charge on any atom is 0.0785 e. The second kappa shape index (κ2) is 8.04. The largest absolute Gasteiger partial charge is 0.379 e. The quantitative estimate of drug-likeness (QED) is 0.693. The van der Waals surface area contributed by atoms with Crippen LogP contribution in [-0.4, -0.2) is 38.0 Å². The summed E-state index contributed by atoms with van der Waals surface area (Å²) in [6.45, 7) is 8.92. The molecule has 1 fully saturated rings. The van der Waals surface area contributed by atoms with Crippen molar-refractivity contribution >= 4 is 0 Å². The molecule has 96 valence electrons. The molecule has 1 aliphatic carbocycles. The zero-order valence-electron chi connectivity index (χ0n) is 11.0. The van der Waals surface area contributed by atoms with Crippen LogP contribution in [0.1, 0.15) is 46.5 Å². The summed E-state index contributed by atoms with van der Waals surface area (Å²) >= 11 is 0. The Morgan fingerprint density at radius 1 is 1.31 bits per heavy atom. The maximum absolute atomic E-state index is 6.04. The van der Waals surface area contributed by atoms with E-state index >= 15 is 0 Å². The van der Waals surface area contributed by atoms with E-state index in [-0.39, 0.29) is 6.10 Å². The van der Waals surface area contributed by atoms with E-state index in [1.165, 1.54) is 25.7 Å². The first-order valence-corrected chi connectivity index (χ1v) is 6.74. The fourth-order valence-corrected chi connectivity index (χ4v) is 2.27. The molecular weight excluding hydrogens is 202 g/mol. The molecule has 16 heavy (non-hydrogen) atoms. The summed E-state index contributed by atoms with van der Waals surface area (Å²) in [5, 5.41) is 3.58. The molecule has 0 heterocycles. The molecule has 0 spiro atoms. The summed E-state index contributed by atoms with van der Waals surface area (Å²) < 4.78 is 11.4. The molecule has 3 heteroatoms. The molecule has 1 saturated carbocycles. The highest BCUT2D eigenvalue weighted by Gasteiger charge is 2.28. The Hall–Kier alpha value is -0.120. The average Bonchev–Trinajstić information content (AvgIpc) is 2.71. The van der Waals surface area contributed by atoms with Crippen LogP contribution in [-0.2, 0) is 9.47 Å². The van der Waals surface area contributed by atoms with E-state index in [4.69, 9.17) is 9.47 Å². The topological polar surface area (TPSA) is 30.5 Å². The van der Waals surface area contributed by atoms with Crippen molar-refractivity contribution in [1.82, 2.24) is 5.32 Å². The van der Waals surface area contributed by atoms with Gasteiger partial charge in [0.1, 0.15) is 0 Å². The molecule has 0 amide bonds. The Bertz CT molecular complexity index is 175. The van der Waals surface area contributed by atoms with Crippen LogP contribution in [0.25, 0.3) is 0 Å². The Morgan fingerprint density at radius 2 is 2.12 bits per heavy atom. The molecule has 0 aromatic rings. The van der Waals surface area contributed by atoms with Gasteiger partial charge in [-0.3, -0.25) is 0 Å². The predicted octanol–water partition coefficient (Wildman–Crippen LogP) is 2.35. The molecule has 0 aromatic carbocycles. The zero-order chi connectivity index (χ0) is 11.8. The van der Waals surface area contributed by atoms with E-state index in [2.05, 4.69) is 19.2 Å². The summed E-state index contributed by atoms with van der Waals surface area (Å²) in [4.78, 5) is 0. The third-order valence-corrected chi connectivity index (χ3v) is 3.07. The molecule has 0 aromatic heterocycles. The Labute approximate surface area is 99.9 Å².